The van der Waals surface area contributed by atoms with Crippen LogP contribution in [0.4, 0.5) is 5.82 Å². The van der Waals surface area contributed by atoms with Gasteiger partial charge in [-0.3, -0.25) is 0 Å². The number of nitriles is 1. The molecule has 0 atom stereocenters. The van der Waals surface area contributed by atoms with Gasteiger partial charge in [0.05, 0.1) is 12.5 Å². The van der Waals surface area contributed by atoms with Crippen LogP contribution >= 0.6 is 11.6 Å². The van der Waals surface area contributed by atoms with Crippen LogP contribution < -0.4 is 4.90 Å². The third-order valence-electron chi connectivity index (χ3n) is 2.80. The summed E-state index contributed by atoms with van der Waals surface area (Å²) in [5.74, 6) is 2.11. The number of hydrogen-bond acceptors (Lipinski definition) is 4. The van der Waals surface area contributed by atoms with Crippen LogP contribution in [0.3, 0.4) is 0 Å². The fourth-order valence-corrected chi connectivity index (χ4v) is 2.08. The van der Waals surface area contributed by atoms with E-state index in [9.17, 15) is 0 Å². The molecule has 1 aromatic rings. The zero-order valence-electron chi connectivity index (χ0n) is 12.1. The minimum absolute atomic E-state index is 0.481. The van der Waals surface area contributed by atoms with Crippen molar-refractivity contribution in [1.82, 2.24) is 9.97 Å². The Morgan fingerprint density at radius 3 is 2.58 bits per heavy atom. The molecule has 0 fully saturated rings. The van der Waals surface area contributed by atoms with Crippen molar-refractivity contribution in [2.24, 2.45) is 5.92 Å². The summed E-state index contributed by atoms with van der Waals surface area (Å²) in [6, 6.07) is 2.19. The van der Waals surface area contributed by atoms with E-state index < -0.39 is 0 Å². The molecule has 0 unspecified atom stereocenters. The van der Waals surface area contributed by atoms with Crippen molar-refractivity contribution in [2.45, 2.75) is 40.5 Å². The number of hydrogen-bond donors (Lipinski definition) is 0. The average molecular weight is 281 g/mol. The summed E-state index contributed by atoms with van der Waals surface area (Å²) in [6.07, 6.45) is 1.23. The van der Waals surface area contributed by atoms with Gasteiger partial charge in [0.2, 0.25) is 0 Å². The highest BCUT2D eigenvalue weighted by Gasteiger charge is 2.16. The van der Waals surface area contributed by atoms with Crippen LogP contribution in [-0.4, -0.2) is 23.1 Å². The standard InChI is InChI=1S/C14H21ClN4/c1-5-12-17-13(15)11(4)14(18-12)19(8-6-7-16)9-10(2)3/h10H,5-6,8-9H2,1-4H3. The Morgan fingerprint density at radius 2 is 2.05 bits per heavy atom. The van der Waals surface area contributed by atoms with Crippen molar-refractivity contribution in [1.29, 1.82) is 5.26 Å². The van der Waals surface area contributed by atoms with Crippen LogP contribution in [0.2, 0.25) is 5.15 Å². The quantitative estimate of drug-likeness (QED) is 0.750. The summed E-state index contributed by atoms with van der Waals surface area (Å²) < 4.78 is 0. The maximum atomic E-state index is 8.79. The van der Waals surface area contributed by atoms with Gasteiger partial charge < -0.3 is 4.90 Å². The molecule has 19 heavy (non-hydrogen) atoms. The predicted molar refractivity (Wildman–Crippen MR) is 78.4 cm³/mol. The maximum absolute atomic E-state index is 8.79. The van der Waals surface area contributed by atoms with Crippen LogP contribution in [0, 0.1) is 24.2 Å². The predicted octanol–water partition coefficient (Wildman–Crippen LogP) is 3.38. The molecule has 0 aliphatic carbocycles. The first-order valence-electron chi connectivity index (χ1n) is 6.64. The van der Waals surface area contributed by atoms with Gasteiger partial charge >= 0.3 is 0 Å². The largest absolute Gasteiger partial charge is 0.355 e. The van der Waals surface area contributed by atoms with Crippen molar-refractivity contribution in [3.8, 4) is 6.07 Å². The smallest absolute Gasteiger partial charge is 0.137 e. The van der Waals surface area contributed by atoms with E-state index in [-0.39, 0.29) is 0 Å². The lowest BCUT2D eigenvalue weighted by molar-refractivity contribution is 0.605. The van der Waals surface area contributed by atoms with Gasteiger partial charge in [0.25, 0.3) is 0 Å². The number of halogens is 1. The second-order valence-corrected chi connectivity index (χ2v) is 5.34. The molecule has 0 N–H and O–H groups in total. The molecule has 0 saturated heterocycles. The SMILES string of the molecule is CCc1nc(Cl)c(C)c(N(CCC#N)CC(C)C)n1. The second-order valence-electron chi connectivity index (χ2n) is 4.98. The monoisotopic (exact) mass is 280 g/mol. The normalized spacial score (nSPS) is 10.6. The number of anilines is 1. The van der Waals surface area contributed by atoms with Crippen LogP contribution in [0.5, 0.6) is 0 Å². The highest BCUT2D eigenvalue weighted by Crippen LogP contribution is 2.24. The lowest BCUT2D eigenvalue weighted by atomic mass is 10.2. The van der Waals surface area contributed by atoms with Gasteiger partial charge in [0.1, 0.15) is 16.8 Å². The molecule has 0 aliphatic rings. The van der Waals surface area contributed by atoms with Crippen molar-refractivity contribution in [3.63, 3.8) is 0 Å². The summed E-state index contributed by atoms with van der Waals surface area (Å²) in [5.41, 5.74) is 0.887. The van der Waals surface area contributed by atoms with Crippen LogP contribution in [-0.2, 0) is 6.42 Å². The molecule has 1 heterocycles. The minimum Gasteiger partial charge on any atom is -0.355 e. The fourth-order valence-electron chi connectivity index (χ4n) is 1.90. The van der Waals surface area contributed by atoms with E-state index in [0.717, 1.165) is 30.2 Å². The average Bonchev–Trinajstić information content (AvgIpc) is 2.37. The van der Waals surface area contributed by atoms with Gasteiger partial charge in [-0.05, 0) is 12.8 Å². The molecule has 0 spiro atoms. The number of rotatable bonds is 6. The highest BCUT2D eigenvalue weighted by atomic mass is 35.5. The van der Waals surface area contributed by atoms with Crippen molar-refractivity contribution >= 4 is 17.4 Å². The Hall–Kier alpha value is -1.34. The molecule has 0 bridgehead atoms. The first kappa shape index (κ1) is 15.7. The minimum atomic E-state index is 0.481. The number of nitrogens with zero attached hydrogens (tertiary/aromatic N) is 4. The van der Waals surface area contributed by atoms with Crippen molar-refractivity contribution < 1.29 is 0 Å². The molecule has 1 aromatic heterocycles. The van der Waals surface area contributed by atoms with Gasteiger partial charge in [-0.2, -0.15) is 5.26 Å². The zero-order valence-corrected chi connectivity index (χ0v) is 12.8. The van der Waals surface area contributed by atoms with Gasteiger partial charge in [0, 0.05) is 25.1 Å². The molecular weight excluding hydrogens is 260 g/mol. The van der Waals surface area contributed by atoms with Gasteiger partial charge in [-0.1, -0.05) is 32.4 Å². The Bertz CT molecular complexity index is 465. The summed E-state index contributed by atoms with van der Waals surface area (Å²) in [4.78, 5) is 11.0. The van der Waals surface area contributed by atoms with Gasteiger partial charge in [-0.15, -0.1) is 0 Å². The molecule has 0 aliphatic heterocycles. The Morgan fingerprint density at radius 1 is 1.37 bits per heavy atom. The molecular formula is C14H21ClN4. The summed E-state index contributed by atoms with van der Waals surface area (Å²) in [5, 5.41) is 9.29. The Kier molecular flexibility index (Phi) is 6.04. The van der Waals surface area contributed by atoms with E-state index >= 15 is 0 Å². The van der Waals surface area contributed by atoms with E-state index in [0.29, 0.717) is 24.0 Å². The molecule has 0 aromatic carbocycles. The zero-order chi connectivity index (χ0) is 14.4. The third-order valence-corrected chi connectivity index (χ3v) is 3.17. The second kappa shape index (κ2) is 7.30. The Balaban J connectivity index is 3.12. The number of aryl methyl sites for hydroxylation is 1. The molecule has 0 radical (unpaired) electrons. The summed E-state index contributed by atoms with van der Waals surface area (Å²) >= 11 is 6.17. The van der Waals surface area contributed by atoms with E-state index in [2.05, 4.69) is 34.8 Å². The molecule has 0 amide bonds. The number of aromatic nitrogens is 2. The molecule has 4 nitrogen and oxygen atoms in total. The van der Waals surface area contributed by atoms with Crippen LogP contribution in [0.25, 0.3) is 0 Å². The molecule has 0 saturated carbocycles. The lowest BCUT2D eigenvalue weighted by Gasteiger charge is -2.26. The fraction of sp³-hybridized carbons (Fsp3) is 0.643. The van der Waals surface area contributed by atoms with E-state index in [1.54, 1.807) is 0 Å². The third kappa shape index (κ3) is 4.36. The first-order chi connectivity index (χ1) is 8.99. The summed E-state index contributed by atoms with van der Waals surface area (Å²) in [6.45, 7) is 9.77. The highest BCUT2D eigenvalue weighted by molar-refractivity contribution is 6.30. The van der Waals surface area contributed by atoms with Crippen LogP contribution in [0.1, 0.15) is 38.6 Å². The van der Waals surface area contributed by atoms with E-state index in [1.165, 1.54) is 0 Å². The van der Waals surface area contributed by atoms with Crippen molar-refractivity contribution in [2.75, 3.05) is 18.0 Å². The van der Waals surface area contributed by atoms with E-state index in [1.807, 2.05) is 13.8 Å². The Labute approximate surface area is 120 Å². The summed E-state index contributed by atoms with van der Waals surface area (Å²) in [7, 11) is 0. The first-order valence-corrected chi connectivity index (χ1v) is 7.02. The maximum Gasteiger partial charge on any atom is 0.137 e. The van der Waals surface area contributed by atoms with Gasteiger partial charge in [-0.25, -0.2) is 9.97 Å². The molecule has 5 heteroatoms. The lowest BCUT2D eigenvalue weighted by Crippen LogP contribution is -2.30. The topological polar surface area (TPSA) is 52.8 Å². The van der Waals surface area contributed by atoms with Crippen molar-refractivity contribution in [3.05, 3.63) is 16.5 Å². The van der Waals surface area contributed by atoms with E-state index in [4.69, 9.17) is 16.9 Å². The molecule has 104 valence electrons. The molecule has 1 rings (SSSR count). The van der Waals surface area contributed by atoms with Crippen LogP contribution in [0.15, 0.2) is 0 Å². The van der Waals surface area contributed by atoms with Gasteiger partial charge in [0.15, 0.2) is 0 Å².